The fraction of sp³-hybridized carbons (Fsp3) is 0.381. The average molecular weight is 391 g/mol. The van der Waals surface area contributed by atoms with E-state index in [1.54, 1.807) is 7.11 Å². The van der Waals surface area contributed by atoms with Crippen LogP contribution in [0.1, 0.15) is 25.7 Å². The third kappa shape index (κ3) is 6.77. The lowest BCUT2D eigenvalue weighted by Crippen LogP contribution is -2.28. The summed E-state index contributed by atoms with van der Waals surface area (Å²) >= 11 is 0. The summed E-state index contributed by atoms with van der Waals surface area (Å²) in [6, 6.07) is 14.9. The highest BCUT2D eigenvalue weighted by Crippen LogP contribution is 2.26. The summed E-state index contributed by atoms with van der Waals surface area (Å²) in [5.41, 5.74) is 0.790. The molecule has 1 aliphatic rings. The van der Waals surface area contributed by atoms with Crippen LogP contribution >= 0.6 is 12.4 Å². The van der Waals surface area contributed by atoms with E-state index in [9.17, 15) is 4.79 Å². The second kappa shape index (κ2) is 10.8. The topological polar surface area (TPSA) is 59.6 Å². The smallest absolute Gasteiger partial charge is 0.224 e. The number of hydrogen-bond acceptors (Lipinski definition) is 4. The van der Waals surface area contributed by atoms with E-state index in [0.29, 0.717) is 23.8 Å². The van der Waals surface area contributed by atoms with Crippen molar-refractivity contribution in [3.63, 3.8) is 0 Å². The Balaban J connectivity index is 0.00000261. The Morgan fingerprint density at radius 2 is 1.78 bits per heavy atom. The largest absolute Gasteiger partial charge is 0.497 e. The summed E-state index contributed by atoms with van der Waals surface area (Å²) in [6.45, 7) is 2.14. The van der Waals surface area contributed by atoms with Crippen LogP contribution in [0, 0.1) is 5.92 Å². The van der Waals surface area contributed by atoms with Gasteiger partial charge >= 0.3 is 0 Å². The maximum atomic E-state index is 12.1. The summed E-state index contributed by atoms with van der Waals surface area (Å²) in [6.07, 6.45) is 3.88. The Labute approximate surface area is 166 Å². The van der Waals surface area contributed by atoms with Crippen molar-refractivity contribution in [2.75, 3.05) is 25.5 Å². The fourth-order valence-corrected chi connectivity index (χ4v) is 3.14. The molecule has 2 aromatic rings. The van der Waals surface area contributed by atoms with Crippen LogP contribution < -0.4 is 20.1 Å². The molecule has 0 atom stereocenters. The van der Waals surface area contributed by atoms with E-state index in [2.05, 4.69) is 10.6 Å². The van der Waals surface area contributed by atoms with Gasteiger partial charge in [0.2, 0.25) is 5.91 Å². The van der Waals surface area contributed by atoms with Crippen LogP contribution in [0.2, 0.25) is 0 Å². The number of hydrogen-bond donors (Lipinski definition) is 2. The van der Waals surface area contributed by atoms with Gasteiger partial charge in [-0.2, -0.15) is 0 Å². The molecular formula is C21H27ClN2O3. The quantitative estimate of drug-likeness (QED) is 0.723. The van der Waals surface area contributed by atoms with Gasteiger partial charge in [-0.3, -0.25) is 4.79 Å². The Bertz CT molecular complexity index is 716. The zero-order chi connectivity index (χ0) is 18.2. The van der Waals surface area contributed by atoms with Gasteiger partial charge < -0.3 is 20.1 Å². The summed E-state index contributed by atoms with van der Waals surface area (Å²) in [5.74, 6) is 2.92. The first-order valence-corrected chi connectivity index (χ1v) is 9.15. The van der Waals surface area contributed by atoms with Crippen molar-refractivity contribution in [2.45, 2.75) is 25.7 Å². The lowest BCUT2D eigenvalue weighted by atomic mass is 9.93. The van der Waals surface area contributed by atoms with Crippen LogP contribution in [0.15, 0.2) is 48.5 Å². The van der Waals surface area contributed by atoms with E-state index in [-0.39, 0.29) is 18.3 Å². The molecule has 0 saturated carbocycles. The van der Waals surface area contributed by atoms with Crippen LogP contribution in [0.3, 0.4) is 0 Å². The molecule has 0 bridgehead atoms. The molecule has 0 radical (unpaired) electrons. The van der Waals surface area contributed by atoms with Gasteiger partial charge in [0.25, 0.3) is 0 Å². The molecule has 0 spiro atoms. The van der Waals surface area contributed by atoms with Gasteiger partial charge in [0.05, 0.1) is 7.11 Å². The van der Waals surface area contributed by atoms with E-state index >= 15 is 0 Å². The fourth-order valence-electron chi connectivity index (χ4n) is 3.14. The second-order valence-corrected chi connectivity index (χ2v) is 6.59. The third-order valence-electron chi connectivity index (χ3n) is 4.65. The van der Waals surface area contributed by atoms with Crippen molar-refractivity contribution in [1.29, 1.82) is 0 Å². The summed E-state index contributed by atoms with van der Waals surface area (Å²) < 4.78 is 11.0. The predicted molar refractivity (Wildman–Crippen MR) is 110 cm³/mol. The monoisotopic (exact) mass is 390 g/mol. The molecule has 1 heterocycles. The minimum absolute atomic E-state index is 0. The van der Waals surface area contributed by atoms with E-state index < -0.39 is 0 Å². The summed E-state index contributed by atoms with van der Waals surface area (Å²) in [5, 5.41) is 6.31. The summed E-state index contributed by atoms with van der Waals surface area (Å²) in [4.78, 5) is 12.1. The predicted octanol–water partition coefficient (Wildman–Crippen LogP) is 4.63. The molecule has 1 amide bonds. The van der Waals surface area contributed by atoms with Gasteiger partial charge in [0, 0.05) is 18.2 Å². The molecule has 2 N–H and O–H groups in total. The number of piperidine rings is 1. The van der Waals surface area contributed by atoms with Gasteiger partial charge in [0.15, 0.2) is 0 Å². The minimum atomic E-state index is 0. The molecule has 0 aromatic heterocycles. The molecule has 27 heavy (non-hydrogen) atoms. The third-order valence-corrected chi connectivity index (χ3v) is 4.65. The van der Waals surface area contributed by atoms with E-state index in [4.69, 9.17) is 9.47 Å². The number of benzene rings is 2. The highest BCUT2D eigenvalue weighted by molar-refractivity contribution is 5.90. The first-order valence-electron chi connectivity index (χ1n) is 9.15. The van der Waals surface area contributed by atoms with Crippen molar-refractivity contribution in [2.24, 2.45) is 5.92 Å². The molecule has 6 heteroatoms. The van der Waals surface area contributed by atoms with Crippen molar-refractivity contribution in [3.8, 4) is 17.2 Å². The van der Waals surface area contributed by atoms with E-state index in [0.717, 1.165) is 30.9 Å². The van der Waals surface area contributed by atoms with E-state index in [1.807, 2.05) is 48.5 Å². The number of anilines is 1. The van der Waals surface area contributed by atoms with Gasteiger partial charge in [-0.15, -0.1) is 12.4 Å². The molecule has 1 fully saturated rings. The van der Waals surface area contributed by atoms with Gasteiger partial charge in [-0.1, -0.05) is 6.07 Å². The Morgan fingerprint density at radius 3 is 2.48 bits per heavy atom. The number of halogens is 1. The Hall–Kier alpha value is -2.24. The number of carbonyl (C=O) groups excluding carboxylic acids is 1. The molecule has 3 rings (SSSR count). The molecule has 0 unspecified atom stereocenters. The number of nitrogens with one attached hydrogen (secondary N) is 2. The van der Waals surface area contributed by atoms with Crippen molar-refractivity contribution in [1.82, 2.24) is 5.32 Å². The SMILES string of the molecule is COc1cccc(Oc2ccc(NC(=O)CCC3CCNCC3)cc2)c1.Cl. The van der Waals surface area contributed by atoms with Crippen LogP contribution in [0.4, 0.5) is 5.69 Å². The minimum Gasteiger partial charge on any atom is -0.497 e. The Kier molecular flexibility index (Phi) is 8.43. The zero-order valence-corrected chi connectivity index (χ0v) is 16.4. The van der Waals surface area contributed by atoms with Gasteiger partial charge in [-0.05, 0) is 74.7 Å². The van der Waals surface area contributed by atoms with Crippen LogP contribution in [0.25, 0.3) is 0 Å². The van der Waals surface area contributed by atoms with Crippen molar-refractivity contribution < 1.29 is 14.3 Å². The molecular weight excluding hydrogens is 364 g/mol. The van der Waals surface area contributed by atoms with Gasteiger partial charge in [-0.25, -0.2) is 0 Å². The Morgan fingerprint density at radius 1 is 1.07 bits per heavy atom. The number of amides is 1. The summed E-state index contributed by atoms with van der Waals surface area (Å²) in [7, 11) is 1.63. The van der Waals surface area contributed by atoms with Crippen LogP contribution in [-0.2, 0) is 4.79 Å². The maximum Gasteiger partial charge on any atom is 0.224 e. The number of methoxy groups -OCH3 is 1. The first-order chi connectivity index (χ1) is 12.7. The van der Waals surface area contributed by atoms with E-state index in [1.165, 1.54) is 12.8 Å². The molecule has 2 aromatic carbocycles. The van der Waals surface area contributed by atoms with Crippen LogP contribution in [-0.4, -0.2) is 26.1 Å². The molecule has 0 aliphatic carbocycles. The lowest BCUT2D eigenvalue weighted by molar-refractivity contribution is -0.116. The normalized spacial score (nSPS) is 14.1. The van der Waals surface area contributed by atoms with Gasteiger partial charge in [0.1, 0.15) is 17.2 Å². The molecule has 146 valence electrons. The number of carbonyl (C=O) groups is 1. The lowest BCUT2D eigenvalue weighted by Gasteiger charge is -2.22. The van der Waals surface area contributed by atoms with Crippen molar-refractivity contribution >= 4 is 24.0 Å². The first kappa shape index (κ1) is 21.1. The average Bonchev–Trinajstić information content (AvgIpc) is 2.69. The highest BCUT2D eigenvalue weighted by atomic mass is 35.5. The zero-order valence-electron chi connectivity index (χ0n) is 15.6. The van der Waals surface area contributed by atoms with Crippen molar-refractivity contribution in [3.05, 3.63) is 48.5 Å². The number of rotatable bonds is 7. The molecule has 1 aliphatic heterocycles. The van der Waals surface area contributed by atoms with Crippen LogP contribution in [0.5, 0.6) is 17.2 Å². The molecule has 5 nitrogen and oxygen atoms in total. The number of ether oxygens (including phenoxy) is 2. The standard InChI is InChI=1S/C21H26N2O3.ClH/c1-25-19-3-2-4-20(15-19)26-18-8-6-17(7-9-18)23-21(24)10-5-16-11-13-22-14-12-16;/h2-4,6-9,15-16,22H,5,10-14H2,1H3,(H,23,24);1H. The second-order valence-electron chi connectivity index (χ2n) is 6.59. The maximum absolute atomic E-state index is 12.1. The highest BCUT2D eigenvalue weighted by Gasteiger charge is 2.14. The molecule has 1 saturated heterocycles.